The standard InChI is InChI=1S/C20H22N6O3/c1-28-16-5-3-4-14(17(16)29-2)20(27)26-10-6-13(7-11-26)18-23-19(25-24-18)15-12-21-8-9-22-15/h3-5,8-9,12-13H,6-7,10-11H2,1-2H3,(H,23,24,25). The zero-order chi connectivity index (χ0) is 20.2. The quantitative estimate of drug-likeness (QED) is 0.708. The van der Waals surface area contributed by atoms with Gasteiger partial charge in [-0.05, 0) is 25.0 Å². The molecule has 1 aliphatic rings. The number of hydrogen-bond donors (Lipinski definition) is 1. The highest BCUT2D eigenvalue weighted by atomic mass is 16.5. The molecule has 3 aromatic rings. The number of methoxy groups -OCH3 is 2. The van der Waals surface area contributed by atoms with Crippen LogP contribution in [0.4, 0.5) is 0 Å². The molecule has 1 aromatic carbocycles. The van der Waals surface area contributed by atoms with E-state index in [0.717, 1.165) is 18.7 Å². The Labute approximate surface area is 168 Å². The molecule has 1 aliphatic heterocycles. The number of H-pyrrole nitrogens is 1. The third-order valence-corrected chi connectivity index (χ3v) is 5.10. The van der Waals surface area contributed by atoms with E-state index < -0.39 is 0 Å². The lowest BCUT2D eigenvalue weighted by Gasteiger charge is -2.31. The lowest BCUT2D eigenvalue weighted by molar-refractivity contribution is 0.0707. The van der Waals surface area contributed by atoms with Gasteiger partial charge in [-0.15, -0.1) is 0 Å². The van der Waals surface area contributed by atoms with Crippen LogP contribution in [-0.4, -0.2) is 63.3 Å². The molecule has 0 aliphatic carbocycles. The molecule has 29 heavy (non-hydrogen) atoms. The number of nitrogens with zero attached hydrogens (tertiary/aromatic N) is 5. The fourth-order valence-corrected chi connectivity index (χ4v) is 3.57. The number of likely N-dealkylation sites (tertiary alicyclic amines) is 1. The maximum atomic E-state index is 13.0. The van der Waals surface area contributed by atoms with Crippen LogP contribution in [0, 0.1) is 0 Å². The molecule has 1 saturated heterocycles. The van der Waals surface area contributed by atoms with E-state index in [1.807, 2.05) is 4.90 Å². The van der Waals surface area contributed by atoms with Gasteiger partial charge in [0.15, 0.2) is 11.5 Å². The molecular formula is C20H22N6O3. The number of aromatic nitrogens is 5. The largest absolute Gasteiger partial charge is 0.493 e. The van der Waals surface area contributed by atoms with Crippen molar-refractivity contribution in [1.29, 1.82) is 0 Å². The van der Waals surface area contributed by atoms with Gasteiger partial charge in [0, 0.05) is 31.4 Å². The van der Waals surface area contributed by atoms with Gasteiger partial charge < -0.3 is 14.4 Å². The van der Waals surface area contributed by atoms with Crippen molar-refractivity contribution in [3.63, 3.8) is 0 Å². The second kappa shape index (κ2) is 8.26. The number of piperidine rings is 1. The van der Waals surface area contributed by atoms with Gasteiger partial charge in [0.1, 0.15) is 11.5 Å². The molecule has 3 heterocycles. The first kappa shape index (κ1) is 18.9. The Morgan fingerprint density at radius 1 is 1.17 bits per heavy atom. The van der Waals surface area contributed by atoms with Crippen LogP contribution in [-0.2, 0) is 0 Å². The van der Waals surface area contributed by atoms with E-state index in [1.54, 1.807) is 51.0 Å². The van der Waals surface area contributed by atoms with Gasteiger partial charge in [0.05, 0.1) is 26.0 Å². The van der Waals surface area contributed by atoms with Crippen molar-refractivity contribution in [2.45, 2.75) is 18.8 Å². The zero-order valence-electron chi connectivity index (χ0n) is 16.3. The third kappa shape index (κ3) is 3.75. The summed E-state index contributed by atoms with van der Waals surface area (Å²) in [6.07, 6.45) is 6.46. The summed E-state index contributed by atoms with van der Waals surface area (Å²) < 4.78 is 10.7. The number of amides is 1. The molecule has 0 unspecified atom stereocenters. The summed E-state index contributed by atoms with van der Waals surface area (Å²) in [7, 11) is 3.10. The first-order valence-electron chi connectivity index (χ1n) is 9.40. The lowest BCUT2D eigenvalue weighted by atomic mass is 9.95. The molecular weight excluding hydrogens is 372 g/mol. The molecule has 1 N–H and O–H groups in total. The predicted molar refractivity (Wildman–Crippen MR) is 105 cm³/mol. The number of benzene rings is 1. The van der Waals surface area contributed by atoms with Gasteiger partial charge in [0.25, 0.3) is 5.91 Å². The zero-order valence-corrected chi connectivity index (χ0v) is 16.3. The minimum absolute atomic E-state index is 0.0583. The summed E-state index contributed by atoms with van der Waals surface area (Å²) in [5.74, 6) is 2.52. The van der Waals surface area contributed by atoms with E-state index in [1.165, 1.54) is 0 Å². The maximum absolute atomic E-state index is 13.0. The number of carbonyl (C=O) groups is 1. The summed E-state index contributed by atoms with van der Waals surface area (Å²) in [5.41, 5.74) is 1.14. The van der Waals surface area contributed by atoms with E-state index in [4.69, 9.17) is 9.47 Å². The van der Waals surface area contributed by atoms with Crippen molar-refractivity contribution in [2.24, 2.45) is 0 Å². The van der Waals surface area contributed by atoms with Crippen molar-refractivity contribution >= 4 is 5.91 Å². The minimum Gasteiger partial charge on any atom is -0.493 e. The highest BCUT2D eigenvalue weighted by Gasteiger charge is 2.28. The van der Waals surface area contributed by atoms with Crippen LogP contribution in [0.5, 0.6) is 11.5 Å². The fourth-order valence-electron chi connectivity index (χ4n) is 3.57. The van der Waals surface area contributed by atoms with Crippen LogP contribution in [0.15, 0.2) is 36.8 Å². The van der Waals surface area contributed by atoms with Crippen molar-refractivity contribution in [3.05, 3.63) is 48.2 Å². The van der Waals surface area contributed by atoms with Crippen molar-refractivity contribution in [2.75, 3.05) is 27.3 Å². The third-order valence-electron chi connectivity index (χ3n) is 5.10. The Balaban J connectivity index is 1.44. The first-order chi connectivity index (χ1) is 14.2. The molecule has 0 saturated carbocycles. The van der Waals surface area contributed by atoms with Crippen molar-refractivity contribution < 1.29 is 14.3 Å². The van der Waals surface area contributed by atoms with Crippen LogP contribution in [0.25, 0.3) is 11.5 Å². The number of ether oxygens (including phenoxy) is 2. The Morgan fingerprint density at radius 2 is 2.00 bits per heavy atom. The molecule has 9 nitrogen and oxygen atoms in total. The highest BCUT2D eigenvalue weighted by molar-refractivity contribution is 5.97. The molecule has 0 bridgehead atoms. The van der Waals surface area contributed by atoms with Crippen LogP contribution >= 0.6 is 0 Å². The Bertz CT molecular complexity index is 983. The first-order valence-corrected chi connectivity index (χ1v) is 9.40. The van der Waals surface area contributed by atoms with Crippen LogP contribution in [0.1, 0.15) is 34.9 Å². The van der Waals surface area contributed by atoms with E-state index in [2.05, 4.69) is 25.1 Å². The smallest absolute Gasteiger partial charge is 0.257 e. The number of carbonyl (C=O) groups excluding carboxylic acids is 1. The Hall–Kier alpha value is -3.49. The summed E-state index contributed by atoms with van der Waals surface area (Å²) in [5, 5.41) is 7.27. The van der Waals surface area contributed by atoms with Gasteiger partial charge >= 0.3 is 0 Å². The van der Waals surface area contributed by atoms with E-state index in [9.17, 15) is 4.79 Å². The maximum Gasteiger partial charge on any atom is 0.257 e. The molecule has 9 heteroatoms. The van der Waals surface area contributed by atoms with Gasteiger partial charge in [-0.1, -0.05) is 6.07 Å². The second-order valence-corrected chi connectivity index (χ2v) is 6.74. The molecule has 1 amide bonds. The van der Waals surface area contributed by atoms with Crippen LogP contribution in [0.2, 0.25) is 0 Å². The topological polar surface area (TPSA) is 106 Å². The Kier molecular flexibility index (Phi) is 5.37. The van der Waals surface area contributed by atoms with E-state index >= 15 is 0 Å². The number of hydrogen-bond acceptors (Lipinski definition) is 7. The number of aromatic amines is 1. The molecule has 0 atom stereocenters. The van der Waals surface area contributed by atoms with Gasteiger partial charge in [-0.2, -0.15) is 5.10 Å². The molecule has 2 aromatic heterocycles. The summed E-state index contributed by atoms with van der Waals surface area (Å²) >= 11 is 0. The van der Waals surface area contributed by atoms with Gasteiger partial charge in [-0.3, -0.25) is 14.9 Å². The molecule has 0 radical (unpaired) electrons. The monoisotopic (exact) mass is 394 g/mol. The normalized spacial score (nSPS) is 14.6. The minimum atomic E-state index is -0.0583. The van der Waals surface area contributed by atoms with Crippen LogP contribution in [0.3, 0.4) is 0 Å². The van der Waals surface area contributed by atoms with Gasteiger partial charge in [-0.25, -0.2) is 9.97 Å². The summed E-state index contributed by atoms with van der Waals surface area (Å²) in [6, 6.07) is 5.34. The van der Waals surface area contributed by atoms with Gasteiger partial charge in [0.2, 0.25) is 5.82 Å². The molecule has 0 spiro atoms. The van der Waals surface area contributed by atoms with E-state index in [0.29, 0.717) is 41.7 Å². The number of rotatable bonds is 5. The average Bonchev–Trinajstić information content (AvgIpc) is 3.29. The van der Waals surface area contributed by atoms with Crippen LogP contribution < -0.4 is 9.47 Å². The SMILES string of the molecule is COc1cccc(C(=O)N2CCC(c3nc(-c4cnccn4)n[nH]3)CC2)c1OC. The lowest BCUT2D eigenvalue weighted by Crippen LogP contribution is -2.38. The molecule has 4 rings (SSSR count). The fraction of sp³-hybridized carbons (Fsp3) is 0.350. The number of para-hydroxylation sites is 1. The molecule has 1 fully saturated rings. The number of nitrogens with one attached hydrogen (secondary N) is 1. The van der Waals surface area contributed by atoms with Crippen molar-refractivity contribution in [1.82, 2.24) is 30.0 Å². The van der Waals surface area contributed by atoms with Crippen molar-refractivity contribution in [3.8, 4) is 23.0 Å². The molecule has 150 valence electrons. The average molecular weight is 394 g/mol. The summed E-state index contributed by atoms with van der Waals surface area (Å²) in [4.78, 5) is 27.7. The van der Waals surface area contributed by atoms with E-state index in [-0.39, 0.29) is 11.8 Å². The highest BCUT2D eigenvalue weighted by Crippen LogP contribution is 2.33. The second-order valence-electron chi connectivity index (χ2n) is 6.74. The Morgan fingerprint density at radius 3 is 2.69 bits per heavy atom. The predicted octanol–water partition coefficient (Wildman–Crippen LogP) is 2.30. The summed E-state index contributed by atoms with van der Waals surface area (Å²) in [6.45, 7) is 1.26.